The molecule has 1 N–H and O–H groups in total. The predicted molar refractivity (Wildman–Crippen MR) is 141 cm³/mol. The molecule has 1 heterocycles. The van der Waals surface area contributed by atoms with E-state index in [9.17, 15) is 4.79 Å². The molecule has 0 aromatic heterocycles. The average molecular weight is 513 g/mol. The number of amides is 1. The zero-order valence-electron chi connectivity index (χ0n) is 19.3. The number of hydrogen-bond acceptors (Lipinski definition) is 5. The van der Waals surface area contributed by atoms with Crippen LogP contribution >= 0.6 is 23.2 Å². The van der Waals surface area contributed by atoms with Crippen molar-refractivity contribution in [2.24, 2.45) is 0 Å². The van der Waals surface area contributed by atoms with Gasteiger partial charge in [0.2, 0.25) is 5.91 Å². The highest BCUT2D eigenvalue weighted by atomic mass is 35.5. The second-order valence-corrected chi connectivity index (χ2v) is 8.68. The Bertz CT molecular complexity index is 1170. The van der Waals surface area contributed by atoms with Crippen LogP contribution in [0.3, 0.4) is 0 Å². The Kier molecular flexibility index (Phi) is 8.53. The van der Waals surface area contributed by atoms with E-state index in [2.05, 4.69) is 10.2 Å². The fourth-order valence-electron chi connectivity index (χ4n) is 3.66. The van der Waals surface area contributed by atoms with Gasteiger partial charge >= 0.3 is 0 Å². The first-order valence-electron chi connectivity index (χ1n) is 11.2. The van der Waals surface area contributed by atoms with Crippen LogP contribution in [-0.2, 0) is 16.1 Å². The van der Waals surface area contributed by atoms with Crippen molar-refractivity contribution in [2.75, 3.05) is 43.6 Å². The SMILES string of the molecule is COc1cc(C=CC(=O)Nc2ccc(N3CCOCC3)cc2)ccc1OCc1c(Cl)cccc1Cl. The van der Waals surface area contributed by atoms with Gasteiger partial charge in [-0.2, -0.15) is 0 Å². The minimum atomic E-state index is -0.225. The van der Waals surface area contributed by atoms with E-state index in [1.54, 1.807) is 43.5 Å². The normalized spacial score (nSPS) is 13.6. The van der Waals surface area contributed by atoms with E-state index in [0.717, 1.165) is 43.2 Å². The van der Waals surface area contributed by atoms with Gasteiger partial charge in [-0.3, -0.25) is 4.79 Å². The monoisotopic (exact) mass is 512 g/mol. The number of morpholine rings is 1. The number of hydrogen-bond donors (Lipinski definition) is 1. The molecule has 4 rings (SSSR count). The summed E-state index contributed by atoms with van der Waals surface area (Å²) in [6, 6.07) is 18.5. The summed E-state index contributed by atoms with van der Waals surface area (Å²) in [6.45, 7) is 3.41. The summed E-state index contributed by atoms with van der Waals surface area (Å²) in [7, 11) is 1.56. The van der Waals surface area contributed by atoms with E-state index in [1.165, 1.54) is 6.08 Å². The molecular formula is C27H26Cl2N2O4. The van der Waals surface area contributed by atoms with Crippen LogP contribution in [0.1, 0.15) is 11.1 Å². The maximum Gasteiger partial charge on any atom is 0.248 e. The second-order valence-electron chi connectivity index (χ2n) is 7.87. The topological polar surface area (TPSA) is 60.0 Å². The number of nitrogens with one attached hydrogen (secondary N) is 1. The molecule has 1 fully saturated rings. The van der Waals surface area contributed by atoms with Crippen molar-refractivity contribution in [1.29, 1.82) is 0 Å². The molecule has 3 aromatic carbocycles. The lowest BCUT2D eigenvalue weighted by atomic mass is 10.2. The summed E-state index contributed by atoms with van der Waals surface area (Å²) < 4.78 is 16.7. The number of ether oxygens (including phenoxy) is 3. The van der Waals surface area contributed by atoms with Crippen LogP contribution in [0.5, 0.6) is 11.5 Å². The van der Waals surface area contributed by atoms with Crippen molar-refractivity contribution in [3.63, 3.8) is 0 Å². The standard InChI is InChI=1S/C27H26Cl2N2O4/c1-33-26-17-19(5-11-25(26)35-18-22-23(28)3-2-4-24(22)29)6-12-27(32)30-20-7-9-21(10-8-20)31-13-15-34-16-14-31/h2-12,17H,13-16,18H2,1H3,(H,30,32). The molecular weight excluding hydrogens is 487 g/mol. The zero-order valence-corrected chi connectivity index (χ0v) is 20.8. The summed E-state index contributed by atoms with van der Waals surface area (Å²) in [5, 5.41) is 3.96. The quantitative estimate of drug-likeness (QED) is 0.371. The number of carbonyl (C=O) groups excluding carboxylic acids is 1. The Hall–Kier alpha value is -3.19. The lowest BCUT2D eigenvalue weighted by Crippen LogP contribution is -2.36. The van der Waals surface area contributed by atoms with Gasteiger partial charge in [-0.25, -0.2) is 0 Å². The Morgan fingerprint density at radius 1 is 1.03 bits per heavy atom. The number of rotatable bonds is 8. The third-order valence-electron chi connectivity index (χ3n) is 5.56. The first-order valence-corrected chi connectivity index (χ1v) is 11.9. The highest BCUT2D eigenvalue weighted by Crippen LogP contribution is 2.31. The van der Waals surface area contributed by atoms with E-state index >= 15 is 0 Å². The van der Waals surface area contributed by atoms with Crippen LogP contribution in [-0.4, -0.2) is 39.3 Å². The highest BCUT2D eigenvalue weighted by molar-refractivity contribution is 6.35. The van der Waals surface area contributed by atoms with E-state index in [4.69, 9.17) is 37.4 Å². The number of anilines is 2. The van der Waals surface area contributed by atoms with Gasteiger partial charge in [-0.1, -0.05) is 35.3 Å². The van der Waals surface area contributed by atoms with Gasteiger partial charge in [0.15, 0.2) is 11.5 Å². The maximum atomic E-state index is 12.4. The zero-order chi connectivity index (χ0) is 24.6. The Balaban J connectivity index is 1.35. The molecule has 1 amide bonds. The third-order valence-corrected chi connectivity index (χ3v) is 6.27. The van der Waals surface area contributed by atoms with Gasteiger partial charge < -0.3 is 24.4 Å². The Labute approximate surface area is 215 Å². The van der Waals surface area contributed by atoms with Crippen molar-refractivity contribution in [3.8, 4) is 11.5 Å². The molecule has 3 aromatic rings. The van der Waals surface area contributed by atoms with Crippen molar-refractivity contribution in [3.05, 3.63) is 87.9 Å². The fraction of sp³-hybridized carbons (Fsp3) is 0.222. The van der Waals surface area contributed by atoms with Crippen LogP contribution in [0.15, 0.2) is 66.7 Å². The van der Waals surface area contributed by atoms with Crippen LogP contribution in [0.4, 0.5) is 11.4 Å². The first-order chi connectivity index (χ1) is 17.0. The molecule has 0 radical (unpaired) electrons. The molecule has 0 unspecified atom stereocenters. The lowest BCUT2D eigenvalue weighted by molar-refractivity contribution is -0.111. The number of halogens is 2. The van der Waals surface area contributed by atoms with Gasteiger partial charge in [0.05, 0.1) is 20.3 Å². The molecule has 1 aliphatic rings. The summed E-state index contributed by atoms with van der Waals surface area (Å²) in [5.41, 5.74) is 3.35. The van der Waals surface area contributed by atoms with Crippen molar-refractivity contribution in [2.45, 2.75) is 6.61 Å². The highest BCUT2D eigenvalue weighted by Gasteiger charge is 2.12. The number of carbonyl (C=O) groups is 1. The lowest BCUT2D eigenvalue weighted by Gasteiger charge is -2.28. The van der Waals surface area contributed by atoms with Crippen LogP contribution in [0.25, 0.3) is 6.08 Å². The van der Waals surface area contributed by atoms with Crippen LogP contribution in [0.2, 0.25) is 10.0 Å². The van der Waals surface area contributed by atoms with Crippen molar-refractivity contribution >= 4 is 46.6 Å². The molecule has 1 saturated heterocycles. The molecule has 1 aliphatic heterocycles. The van der Waals surface area contributed by atoms with E-state index < -0.39 is 0 Å². The minimum absolute atomic E-state index is 0.205. The number of methoxy groups -OCH3 is 1. The Morgan fingerprint density at radius 3 is 2.43 bits per heavy atom. The van der Waals surface area contributed by atoms with Crippen LogP contribution < -0.4 is 19.7 Å². The van der Waals surface area contributed by atoms with Gasteiger partial charge in [0, 0.05) is 46.1 Å². The van der Waals surface area contributed by atoms with Gasteiger partial charge in [-0.15, -0.1) is 0 Å². The van der Waals surface area contributed by atoms with Gasteiger partial charge in [0.25, 0.3) is 0 Å². The van der Waals surface area contributed by atoms with E-state index in [0.29, 0.717) is 27.1 Å². The smallest absolute Gasteiger partial charge is 0.248 e. The molecule has 6 nitrogen and oxygen atoms in total. The number of benzene rings is 3. The predicted octanol–water partition coefficient (Wildman–Crippen LogP) is 6.07. The second kappa shape index (κ2) is 12.0. The summed E-state index contributed by atoms with van der Waals surface area (Å²) in [5.74, 6) is 0.858. The molecule has 35 heavy (non-hydrogen) atoms. The summed E-state index contributed by atoms with van der Waals surface area (Å²) in [6.07, 6.45) is 3.20. The molecule has 0 atom stereocenters. The minimum Gasteiger partial charge on any atom is -0.493 e. The molecule has 8 heteroatoms. The summed E-state index contributed by atoms with van der Waals surface area (Å²) in [4.78, 5) is 14.7. The third kappa shape index (κ3) is 6.69. The van der Waals surface area contributed by atoms with Gasteiger partial charge in [-0.05, 0) is 60.2 Å². The van der Waals surface area contributed by atoms with E-state index in [-0.39, 0.29) is 12.5 Å². The molecule has 0 saturated carbocycles. The molecule has 0 aliphatic carbocycles. The molecule has 182 valence electrons. The van der Waals surface area contributed by atoms with Crippen LogP contribution in [0, 0.1) is 0 Å². The largest absolute Gasteiger partial charge is 0.493 e. The molecule has 0 spiro atoms. The first kappa shape index (κ1) is 24.9. The van der Waals surface area contributed by atoms with Gasteiger partial charge in [0.1, 0.15) is 6.61 Å². The van der Waals surface area contributed by atoms with E-state index in [1.807, 2.05) is 30.3 Å². The average Bonchev–Trinajstić information content (AvgIpc) is 2.88. The number of nitrogens with zero attached hydrogens (tertiary/aromatic N) is 1. The van der Waals surface area contributed by atoms with Crippen molar-refractivity contribution < 1.29 is 19.0 Å². The maximum absolute atomic E-state index is 12.4. The fourth-order valence-corrected chi connectivity index (χ4v) is 4.17. The van der Waals surface area contributed by atoms with Crippen molar-refractivity contribution in [1.82, 2.24) is 0 Å². The summed E-state index contributed by atoms with van der Waals surface area (Å²) >= 11 is 12.4. The molecule has 0 bridgehead atoms. The Morgan fingerprint density at radius 2 is 1.74 bits per heavy atom.